The van der Waals surface area contributed by atoms with E-state index >= 15 is 0 Å². The van der Waals surface area contributed by atoms with Crippen molar-refractivity contribution in [1.29, 1.82) is 0 Å². The van der Waals surface area contributed by atoms with Gasteiger partial charge in [-0.1, -0.05) is 28.8 Å². The minimum atomic E-state index is -0.168. The Kier molecular flexibility index (Phi) is 4.72. The van der Waals surface area contributed by atoms with Crippen LogP contribution in [0, 0.1) is 5.92 Å². The van der Waals surface area contributed by atoms with Crippen LogP contribution in [-0.2, 0) is 4.74 Å². The van der Waals surface area contributed by atoms with Crippen molar-refractivity contribution in [2.24, 2.45) is 5.92 Å². The van der Waals surface area contributed by atoms with Crippen molar-refractivity contribution in [2.45, 2.75) is 43.5 Å². The summed E-state index contributed by atoms with van der Waals surface area (Å²) in [6.45, 7) is 0. The lowest BCUT2D eigenvalue weighted by Gasteiger charge is -2.40. The molecule has 0 aromatic heterocycles. The lowest BCUT2D eigenvalue weighted by molar-refractivity contribution is 0.00637. The van der Waals surface area contributed by atoms with E-state index in [-0.39, 0.29) is 12.1 Å². The van der Waals surface area contributed by atoms with Crippen LogP contribution in [0.5, 0.6) is 0 Å². The molecule has 1 aliphatic heterocycles. The Morgan fingerprint density at radius 3 is 2.70 bits per heavy atom. The molecule has 3 unspecified atom stereocenters. The van der Waals surface area contributed by atoms with Gasteiger partial charge >= 0.3 is 5.97 Å². The zero-order valence-electron chi connectivity index (χ0n) is 11.4. The SMILES string of the molecule is O=C(OC1CCSC2CCCCC12)c1ccc(Br)cc1. The fraction of sp³-hybridized carbons (Fsp3) is 0.562. The topological polar surface area (TPSA) is 26.3 Å². The Balaban J connectivity index is 1.66. The molecule has 1 aromatic rings. The molecule has 0 bridgehead atoms. The van der Waals surface area contributed by atoms with E-state index < -0.39 is 0 Å². The molecule has 2 aliphatic rings. The number of ether oxygens (including phenoxy) is 1. The van der Waals surface area contributed by atoms with E-state index in [0.717, 1.165) is 16.6 Å². The van der Waals surface area contributed by atoms with Crippen LogP contribution >= 0.6 is 27.7 Å². The number of carbonyl (C=O) groups excluding carboxylic acids is 1. The molecule has 108 valence electrons. The molecule has 1 saturated heterocycles. The highest BCUT2D eigenvalue weighted by molar-refractivity contribution is 9.10. The fourth-order valence-corrected chi connectivity index (χ4v) is 5.07. The molecule has 0 radical (unpaired) electrons. The highest BCUT2D eigenvalue weighted by atomic mass is 79.9. The first-order valence-electron chi connectivity index (χ1n) is 7.32. The average molecular weight is 355 g/mol. The summed E-state index contributed by atoms with van der Waals surface area (Å²) in [5.74, 6) is 1.53. The van der Waals surface area contributed by atoms with Crippen LogP contribution in [-0.4, -0.2) is 23.1 Å². The summed E-state index contributed by atoms with van der Waals surface area (Å²) in [5, 5.41) is 0.709. The van der Waals surface area contributed by atoms with Crippen molar-refractivity contribution in [3.63, 3.8) is 0 Å². The van der Waals surface area contributed by atoms with Crippen LogP contribution < -0.4 is 0 Å². The molecule has 1 heterocycles. The number of carbonyl (C=O) groups is 1. The van der Waals surface area contributed by atoms with Crippen LogP contribution in [0.25, 0.3) is 0 Å². The molecule has 1 saturated carbocycles. The van der Waals surface area contributed by atoms with Gasteiger partial charge in [-0.3, -0.25) is 0 Å². The van der Waals surface area contributed by atoms with Gasteiger partial charge in [-0.2, -0.15) is 11.8 Å². The van der Waals surface area contributed by atoms with Crippen molar-refractivity contribution in [3.8, 4) is 0 Å². The number of thioether (sulfide) groups is 1. The molecule has 4 heteroatoms. The average Bonchev–Trinajstić information content (AvgIpc) is 2.48. The van der Waals surface area contributed by atoms with Gasteiger partial charge in [-0.05, 0) is 49.3 Å². The maximum atomic E-state index is 12.3. The maximum absolute atomic E-state index is 12.3. The summed E-state index contributed by atoms with van der Waals surface area (Å²) in [4.78, 5) is 12.3. The minimum absolute atomic E-state index is 0.123. The maximum Gasteiger partial charge on any atom is 0.338 e. The van der Waals surface area contributed by atoms with Gasteiger partial charge in [0.1, 0.15) is 6.10 Å². The van der Waals surface area contributed by atoms with E-state index in [1.54, 1.807) is 0 Å². The Bertz CT molecular complexity index is 472. The summed E-state index contributed by atoms with van der Waals surface area (Å²) in [6.07, 6.45) is 6.26. The second-order valence-corrected chi connectivity index (χ2v) is 7.86. The molecule has 0 N–H and O–H groups in total. The van der Waals surface area contributed by atoms with Gasteiger partial charge in [0.2, 0.25) is 0 Å². The lowest BCUT2D eigenvalue weighted by Crippen LogP contribution is -2.39. The van der Waals surface area contributed by atoms with Crippen molar-refractivity contribution >= 4 is 33.7 Å². The van der Waals surface area contributed by atoms with Crippen molar-refractivity contribution in [3.05, 3.63) is 34.3 Å². The van der Waals surface area contributed by atoms with E-state index in [1.807, 2.05) is 24.3 Å². The molecule has 3 rings (SSSR count). The molecule has 3 atom stereocenters. The van der Waals surface area contributed by atoms with Crippen LogP contribution in [0.2, 0.25) is 0 Å². The first-order chi connectivity index (χ1) is 9.74. The Morgan fingerprint density at radius 2 is 1.90 bits per heavy atom. The van der Waals surface area contributed by atoms with Gasteiger partial charge in [-0.25, -0.2) is 4.79 Å². The molecule has 2 nitrogen and oxygen atoms in total. The number of halogens is 1. The molecule has 1 aliphatic carbocycles. The van der Waals surface area contributed by atoms with Gasteiger partial charge in [0, 0.05) is 15.6 Å². The van der Waals surface area contributed by atoms with Crippen LogP contribution in [0.4, 0.5) is 0 Å². The van der Waals surface area contributed by atoms with Gasteiger partial charge in [0.15, 0.2) is 0 Å². The first-order valence-corrected chi connectivity index (χ1v) is 9.16. The van der Waals surface area contributed by atoms with Gasteiger partial charge in [0.25, 0.3) is 0 Å². The van der Waals surface area contributed by atoms with Crippen LogP contribution in [0.3, 0.4) is 0 Å². The summed E-state index contributed by atoms with van der Waals surface area (Å²) in [6, 6.07) is 7.41. The standard InChI is InChI=1S/C16H19BrO2S/c17-12-7-5-11(6-8-12)16(18)19-14-9-10-20-15-4-2-1-3-13(14)15/h5-8,13-15H,1-4,9-10H2. The largest absolute Gasteiger partial charge is 0.458 e. The van der Waals surface area contributed by atoms with E-state index in [9.17, 15) is 4.79 Å². The highest BCUT2D eigenvalue weighted by Crippen LogP contribution is 2.41. The third kappa shape index (κ3) is 3.22. The molecular weight excluding hydrogens is 336 g/mol. The minimum Gasteiger partial charge on any atom is -0.458 e. The first kappa shape index (κ1) is 14.5. The van der Waals surface area contributed by atoms with Gasteiger partial charge < -0.3 is 4.74 Å². The highest BCUT2D eigenvalue weighted by Gasteiger charge is 2.37. The number of hydrogen-bond donors (Lipinski definition) is 0. The van der Waals surface area contributed by atoms with Crippen LogP contribution in [0.1, 0.15) is 42.5 Å². The van der Waals surface area contributed by atoms with Gasteiger partial charge in [-0.15, -0.1) is 0 Å². The molecule has 20 heavy (non-hydrogen) atoms. The summed E-state index contributed by atoms with van der Waals surface area (Å²) < 4.78 is 6.80. The van der Waals surface area contributed by atoms with E-state index in [2.05, 4.69) is 27.7 Å². The Hall–Kier alpha value is -0.480. The number of esters is 1. The molecule has 0 spiro atoms. The second kappa shape index (κ2) is 6.52. The Morgan fingerprint density at radius 1 is 1.15 bits per heavy atom. The van der Waals surface area contributed by atoms with Crippen molar-refractivity contribution in [2.75, 3.05) is 5.75 Å². The molecule has 0 amide bonds. The Labute approximate surface area is 132 Å². The predicted octanol–water partition coefficient (Wildman–Crippen LogP) is 4.67. The monoisotopic (exact) mass is 354 g/mol. The summed E-state index contributed by atoms with van der Waals surface area (Å²) in [5.41, 5.74) is 0.652. The zero-order valence-corrected chi connectivity index (χ0v) is 13.8. The summed E-state index contributed by atoms with van der Waals surface area (Å²) in [7, 11) is 0. The number of fused-ring (bicyclic) bond motifs is 1. The quantitative estimate of drug-likeness (QED) is 0.721. The van der Waals surface area contributed by atoms with Gasteiger partial charge in [0.05, 0.1) is 5.56 Å². The third-order valence-corrected chi connectivity index (χ3v) is 6.32. The van der Waals surface area contributed by atoms with Crippen LogP contribution in [0.15, 0.2) is 28.7 Å². The lowest BCUT2D eigenvalue weighted by atomic mass is 9.83. The molecule has 2 fully saturated rings. The smallest absolute Gasteiger partial charge is 0.338 e. The second-order valence-electron chi connectivity index (χ2n) is 5.60. The summed E-state index contributed by atoms with van der Waals surface area (Å²) >= 11 is 5.46. The molecule has 1 aromatic carbocycles. The third-order valence-electron chi connectivity index (χ3n) is 4.30. The van der Waals surface area contributed by atoms with E-state index in [1.165, 1.54) is 25.7 Å². The van der Waals surface area contributed by atoms with Crippen molar-refractivity contribution < 1.29 is 9.53 Å². The number of rotatable bonds is 2. The normalized spacial score (nSPS) is 29.6. The number of hydrogen-bond acceptors (Lipinski definition) is 3. The molecular formula is C16H19BrO2S. The number of benzene rings is 1. The van der Waals surface area contributed by atoms with E-state index in [4.69, 9.17) is 4.74 Å². The van der Waals surface area contributed by atoms with E-state index in [0.29, 0.717) is 16.7 Å². The fourth-order valence-electron chi connectivity index (χ4n) is 3.25. The predicted molar refractivity (Wildman–Crippen MR) is 86.2 cm³/mol. The van der Waals surface area contributed by atoms with Crippen molar-refractivity contribution in [1.82, 2.24) is 0 Å². The zero-order chi connectivity index (χ0) is 13.9.